The van der Waals surface area contributed by atoms with Crippen LogP contribution in [0.4, 0.5) is 0 Å². The number of ether oxygens (including phenoxy) is 1. The van der Waals surface area contributed by atoms with Crippen molar-refractivity contribution in [1.82, 2.24) is 5.32 Å². The molecule has 0 spiro atoms. The Morgan fingerprint density at radius 1 is 1.16 bits per heavy atom. The Kier molecular flexibility index (Phi) is 4.10. The van der Waals surface area contributed by atoms with E-state index in [0.29, 0.717) is 11.4 Å². The van der Waals surface area contributed by atoms with Crippen LogP contribution in [0, 0.1) is 0 Å². The van der Waals surface area contributed by atoms with Crippen molar-refractivity contribution in [3.05, 3.63) is 76.8 Å². The van der Waals surface area contributed by atoms with E-state index in [-0.39, 0.29) is 11.9 Å². The summed E-state index contributed by atoms with van der Waals surface area (Å²) in [7, 11) is 0. The topological polar surface area (TPSA) is 38.3 Å². The largest absolute Gasteiger partial charge is 0.480 e. The molecule has 4 rings (SSSR count). The SMILES string of the molecule is CC(NC(=O)C1Cc2cc(Cl)ccc2O1)c1cccc2ccccc12. The third-order valence-electron chi connectivity index (χ3n) is 4.64. The fourth-order valence-corrected chi connectivity index (χ4v) is 3.57. The number of carbonyl (C=O) groups is 1. The summed E-state index contributed by atoms with van der Waals surface area (Å²) in [4.78, 5) is 12.6. The molecule has 4 heteroatoms. The average molecular weight is 352 g/mol. The minimum Gasteiger partial charge on any atom is -0.480 e. The van der Waals surface area contributed by atoms with E-state index < -0.39 is 6.10 Å². The van der Waals surface area contributed by atoms with Crippen LogP contribution in [-0.2, 0) is 11.2 Å². The van der Waals surface area contributed by atoms with E-state index in [9.17, 15) is 4.79 Å². The molecule has 2 unspecified atom stereocenters. The van der Waals surface area contributed by atoms with E-state index in [1.54, 1.807) is 6.07 Å². The maximum Gasteiger partial charge on any atom is 0.261 e. The van der Waals surface area contributed by atoms with Crippen LogP contribution in [0.5, 0.6) is 5.75 Å². The molecule has 1 heterocycles. The summed E-state index contributed by atoms with van der Waals surface area (Å²) in [6.45, 7) is 2.00. The number of rotatable bonds is 3. The van der Waals surface area contributed by atoms with Crippen molar-refractivity contribution < 1.29 is 9.53 Å². The van der Waals surface area contributed by atoms with Gasteiger partial charge in [0.1, 0.15) is 5.75 Å². The highest BCUT2D eigenvalue weighted by molar-refractivity contribution is 6.30. The van der Waals surface area contributed by atoms with E-state index in [1.165, 1.54) is 5.39 Å². The van der Waals surface area contributed by atoms with Gasteiger partial charge in [0.05, 0.1) is 6.04 Å². The third-order valence-corrected chi connectivity index (χ3v) is 4.87. The first-order valence-electron chi connectivity index (χ1n) is 8.35. The molecule has 0 radical (unpaired) electrons. The molecule has 25 heavy (non-hydrogen) atoms. The lowest BCUT2D eigenvalue weighted by atomic mass is 9.99. The number of amides is 1. The maximum absolute atomic E-state index is 12.6. The summed E-state index contributed by atoms with van der Waals surface area (Å²) in [5.41, 5.74) is 2.08. The molecule has 1 amide bonds. The molecule has 3 nitrogen and oxygen atoms in total. The Hall–Kier alpha value is -2.52. The zero-order chi connectivity index (χ0) is 17.4. The highest BCUT2D eigenvalue weighted by Gasteiger charge is 2.30. The Morgan fingerprint density at radius 3 is 2.84 bits per heavy atom. The first kappa shape index (κ1) is 16.0. The molecular weight excluding hydrogens is 334 g/mol. The van der Waals surface area contributed by atoms with Crippen LogP contribution in [0.1, 0.15) is 24.1 Å². The lowest BCUT2D eigenvalue weighted by Gasteiger charge is -2.19. The van der Waals surface area contributed by atoms with Gasteiger partial charge < -0.3 is 10.1 Å². The fourth-order valence-electron chi connectivity index (χ4n) is 3.38. The summed E-state index contributed by atoms with van der Waals surface area (Å²) >= 11 is 6.01. The van der Waals surface area contributed by atoms with Crippen molar-refractivity contribution in [3.63, 3.8) is 0 Å². The van der Waals surface area contributed by atoms with Crippen LogP contribution >= 0.6 is 11.6 Å². The van der Waals surface area contributed by atoms with Crippen molar-refractivity contribution in [2.45, 2.75) is 25.5 Å². The van der Waals surface area contributed by atoms with Crippen LogP contribution in [0.15, 0.2) is 60.7 Å². The van der Waals surface area contributed by atoms with Gasteiger partial charge in [0.25, 0.3) is 5.91 Å². The molecule has 0 fully saturated rings. The van der Waals surface area contributed by atoms with Gasteiger partial charge in [-0.3, -0.25) is 4.79 Å². The first-order chi connectivity index (χ1) is 12.1. The van der Waals surface area contributed by atoms with Crippen molar-refractivity contribution in [2.75, 3.05) is 0 Å². The second kappa shape index (κ2) is 6.41. The van der Waals surface area contributed by atoms with Crippen molar-refractivity contribution >= 4 is 28.3 Å². The van der Waals surface area contributed by atoms with Gasteiger partial charge in [0, 0.05) is 11.4 Å². The van der Waals surface area contributed by atoms with Gasteiger partial charge in [-0.05, 0) is 47.0 Å². The molecule has 1 aliphatic heterocycles. The van der Waals surface area contributed by atoms with Gasteiger partial charge in [-0.15, -0.1) is 0 Å². The summed E-state index contributed by atoms with van der Waals surface area (Å²) in [6, 6.07) is 19.7. The summed E-state index contributed by atoms with van der Waals surface area (Å²) in [5, 5.41) is 6.06. The van der Waals surface area contributed by atoms with Crippen LogP contribution in [0.2, 0.25) is 5.02 Å². The summed E-state index contributed by atoms with van der Waals surface area (Å²) in [6.07, 6.45) is 0.0372. The predicted octanol–water partition coefficient (Wildman–Crippen LogP) is 4.67. The minimum absolute atomic E-state index is 0.102. The van der Waals surface area contributed by atoms with Gasteiger partial charge >= 0.3 is 0 Å². The monoisotopic (exact) mass is 351 g/mol. The molecule has 126 valence electrons. The van der Waals surface area contributed by atoms with Crippen LogP contribution in [0.25, 0.3) is 10.8 Å². The number of hydrogen-bond acceptors (Lipinski definition) is 2. The first-order valence-corrected chi connectivity index (χ1v) is 8.73. The lowest BCUT2D eigenvalue weighted by Crippen LogP contribution is -2.38. The fraction of sp³-hybridized carbons (Fsp3) is 0.190. The van der Waals surface area contributed by atoms with Crippen LogP contribution in [-0.4, -0.2) is 12.0 Å². The summed E-state index contributed by atoms with van der Waals surface area (Å²) < 4.78 is 5.78. The van der Waals surface area contributed by atoms with E-state index in [4.69, 9.17) is 16.3 Å². The summed E-state index contributed by atoms with van der Waals surface area (Å²) in [5.74, 6) is 0.634. The number of carbonyl (C=O) groups excluding carboxylic acids is 1. The zero-order valence-electron chi connectivity index (χ0n) is 13.8. The lowest BCUT2D eigenvalue weighted by molar-refractivity contribution is -0.127. The highest BCUT2D eigenvalue weighted by Crippen LogP contribution is 2.31. The van der Waals surface area contributed by atoms with E-state index in [0.717, 1.165) is 22.3 Å². The quantitative estimate of drug-likeness (QED) is 0.744. The van der Waals surface area contributed by atoms with E-state index in [1.807, 2.05) is 37.3 Å². The van der Waals surface area contributed by atoms with Gasteiger partial charge in [-0.25, -0.2) is 0 Å². The molecule has 0 aliphatic carbocycles. The van der Waals surface area contributed by atoms with Crippen LogP contribution < -0.4 is 10.1 Å². The predicted molar refractivity (Wildman–Crippen MR) is 100 cm³/mol. The standard InChI is InChI=1S/C21H18ClNO2/c1-13(17-8-4-6-14-5-2-3-7-18(14)17)23-21(24)20-12-15-11-16(22)9-10-19(15)25-20/h2-11,13,20H,12H2,1H3,(H,23,24). The molecule has 2 atom stereocenters. The second-order valence-corrected chi connectivity index (χ2v) is 6.80. The smallest absolute Gasteiger partial charge is 0.261 e. The van der Waals surface area contributed by atoms with Gasteiger partial charge in [0.2, 0.25) is 0 Å². The number of hydrogen-bond donors (Lipinski definition) is 1. The normalized spacial score (nSPS) is 17.0. The van der Waals surface area contributed by atoms with Gasteiger partial charge in [-0.1, -0.05) is 54.1 Å². The van der Waals surface area contributed by atoms with Crippen molar-refractivity contribution in [2.24, 2.45) is 0 Å². The third kappa shape index (κ3) is 3.08. The molecule has 1 N–H and O–H groups in total. The molecule has 0 bridgehead atoms. The molecule has 0 saturated heterocycles. The molecular formula is C21H18ClNO2. The number of nitrogens with one attached hydrogen (secondary N) is 1. The van der Waals surface area contributed by atoms with Gasteiger partial charge in [-0.2, -0.15) is 0 Å². The molecule has 0 saturated carbocycles. The Morgan fingerprint density at radius 2 is 1.96 bits per heavy atom. The molecule has 3 aromatic carbocycles. The molecule has 0 aromatic heterocycles. The zero-order valence-corrected chi connectivity index (χ0v) is 14.6. The maximum atomic E-state index is 12.6. The number of benzene rings is 3. The van der Waals surface area contributed by atoms with Crippen molar-refractivity contribution in [1.29, 1.82) is 0 Å². The average Bonchev–Trinajstić information content (AvgIpc) is 3.04. The second-order valence-electron chi connectivity index (χ2n) is 6.36. The molecule has 3 aromatic rings. The Labute approximate surface area is 151 Å². The number of halogens is 1. The van der Waals surface area contributed by atoms with Crippen LogP contribution in [0.3, 0.4) is 0 Å². The Bertz CT molecular complexity index is 948. The highest BCUT2D eigenvalue weighted by atomic mass is 35.5. The Balaban J connectivity index is 1.51. The molecule has 1 aliphatic rings. The minimum atomic E-state index is -0.508. The van der Waals surface area contributed by atoms with Crippen molar-refractivity contribution in [3.8, 4) is 5.75 Å². The van der Waals surface area contributed by atoms with E-state index >= 15 is 0 Å². The van der Waals surface area contributed by atoms with E-state index in [2.05, 4.69) is 29.6 Å². The van der Waals surface area contributed by atoms with Gasteiger partial charge in [0.15, 0.2) is 6.10 Å². The number of fused-ring (bicyclic) bond motifs is 2.